The summed E-state index contributed by atoms with van der Waals surface area (Å²) in [6.07, 6.45) is 3.03. The first kappa shape index (κ1) is 6.66. The number of hydrogen-bond acceptors (Lipinski definition) is 1. The minimum atomic E-state index is 1.03. The maximum absolute atomic E-state index is 3.28. The van der Waals surface area contributed by atoms with Gasteiger partial charge in [0.05, 0.1) is 0 Å². The first-order valence-electron chi connectivity index (χ1n) is 4.47. The molecule has 0 aromatic carbocycles. The Kier molecular flexibility index (Phi) is 1.48. The van der Waals surface area contributed by atoms with Crippen LogP contribution in [0.4, 0.5) is 0 Å². The average molecular weight is 139 g/mol. The van der Waals surface area contributed by atoms with Crippen molar-refractivity contribution in [3.05, 3.63) is 0 Å². The van der Waals surface area contributed by atoms with E-state index in [1.54, 1.807) is 0 Å². The van der Waals surface area contributed by atoms with Crippen LogP contribution in [0.3, 0.4) is 0 Å². The first-order chi connectivity index (χ1) is 4.83. The van der Waals surface area contributed by atoms with Crippen LogP contribution < -0.4 is 5.32 Å². The van der Waals surface area contributed by atoms with Crippen molar-refractivity contribution < 1.29 is 0 Å². The Morgan fingerprint density at radius 1 is 1.40 bits per heavy atom. The lowest BCUT2D eigenvalue weighted by Gasteiger charge is -2.57. The van der Waals surface area contributed by atoms with E-state index in [9.17, 15) is 0 Å². The zero-order valence-corrected chi connectivity index (χ0v) is 6.93. The maximum atomic E-state index is 3.28. The molecule has 0 heterocycles. The van der Waals surface area contributed by atoms with Crippen LogP contribution >= 0.6 is 0 Å². The molecule has 1 unspecified atom stereocenters. The smallest absolute Gasteiger partial charge is 0.00206 e. The van der Waals surface area contributed by atoms with Gasteiger partial charge in [-0.15, -0.1) is 0 Å². The molecule has 1 nitrogen and oxygen atoms in total. The fraction of sp³-hybridized carbons (Fsp3) is 1.00. The van der Waals surface area contributed by atoms with Crippen molar-refractivity contribution in [3.8, 4) is 0 Å². The summed E-state index contributed by atoms with van der Waals surface area (Å²) in [6, 6.07) is 0. The van der Waals surface area contributed by atoms with E-state index in [4.69, 9.17) is 0 Å². The third-order valence-corrected chi connectivity index (χ3v) is 3.49. The number of fused-ring (bicyclic) bond motifs is 1. The normalized spacial score (nSPS) is 51.0. The van der Waals surface area contributed by atoms with Crippen LogP contribution in [0, 0.1) is 23.7 Å². The largest absolute Gasteiger partial charge is 0.319 e. The second kappa shape index (κ2) is 2.23. The number of nitrogens with one attached hydrogen (secondary N) is 1. The summed E-state index contributed by atoms with van der Waals surface area (Å²) in [5, 5.41) is 3.28. The highest BCUT2D eigenvalue weighted by atomic mass is 14.8. The maximum Gasteiger partial charge on any atom is -0.00206 e. The van der Waals surface area contributed by atoms with Crippen molar-refractivity contribution in [2.75, 3.05) is 13.6 Å². The van der Waals surface area contributed by atoms with E-state index in [1.165, 1.54) is 19.4 Å². The second-order valence-corrected chi connectivity index (χ2v) is 4.10. The average Bonchev–Trinajstić information content (AvgIpc) is 1.84. The summed E-state index contributed by atoms with van der Waals surface area (Å²) < 4.78 is 0. The van der Waals surface area contributed by atoms with Gasteiger partial charge in [-0.05, 0) is 50.1 Å². The van der Waals surface area contributed by atoms with Gasteiger partial charge >= 0.3 is 0 Å². The van der Waals surface area contributed by atoms with Gasteiger partial charge < -0.3 is 5.32 Å². The zero-order chi connectivity index (χ0) is 7.14. The molecule has 10 heavy (non-hydrogen) atoms. The zero-order valence-electron chi connectivity index (χ0n) is 6.93. The van der Waals surface area contributed by atoms with Crippen LogP contribution in [0.25, 0.3) is 0 Å². The summed E-state index contributed by atoms with van der Waals surface area (Å²) in [5.74, 6) is 4.30. The van der Waals surface area contributed by atoms with E-state index in [0.717, 1.165) is 23.7 Å². The summed E-state index contributed by atoms with van der Waals surface area (Å²) in [4.78, 5) is 0. The molecule has 4 atom stereocenters. The van der Waals surface area contributed by atoms with Gasteiger partial charge in [-0.3, -0.25) is 0 Å². The third-order valence-electron chi connectivity index (χ3n) is 3.49. The van der Waals surface area contributed by atoms with Crippen molar-refractivity contribution in [1.29, 1.82) is 0 Å². The molecule has 2 fully saturated rings. The molecule has 0 saturated heterocycles. The van der Waals surface area contributed by atoms with Crippen LogP contribution in [-0.4, -0.2) is 13.6 Å². The van der Waals surface area contributed by atoms with E-state index in [2.05, 4.69) is 19.3 Å². The van der Waals surface area contributed by atoms with Gasteiger partial charge in [0.25, 0.3) is 0 Å². The van der Waals surface area contributed by atoms with Crippen molar-refractivity contribution in [1.82, 2.24) is 5.32 Å². The Morgan fingerprint density at radius 3 is 2.70 bits per heavy atom. The molecule has 2 saturated carbocycles. The molecule has 1 heteroatoms. The predicted octanol–water partition coefficient (Wildman–Crippen LogP) is 1.50. The van der Waals surface area contributed by atoms with Gasteiger partial charge in [-0.25, -0.2) is 0 Å². The summed E-state index contributed by atoms with van der Waals surface area (Å²) >= 11 is 0. The highest BCUT2D eigenvalue weighted by Crippen LogP contribution is 2.57. The summed E-state index contributed by atoms with van der Waals surface area (Å²) in [5.41, 5.74) is 0. The van der Waals surface area contributed by atoms with E-state index in [0.29, 0.717) is 0 Å². The molecule has 0 aliphatic heterocycles. The standard InChI is InChI=1S/C9H17N/c1-6-3-7-4-8(5-10-2)9(6)7/h6-10H,3-5H2,1-2H3/t6-,7?,8-,9-/m1/s1. The van der Waals surface area contributed by atoms with E-state index in [1.807, 2.05) is 0 Å². The molecule has 0 amide bonds. The lowest BCUT2D eigenvalue weighted by atomic mass is 9.48. The number of hydrogen-bond donors (Lipinski definition) is 1. The van der Waals surface area contributed by atoms with Crippen molar-refractivity contribution in [2.24, 2.45) is 23.7 Å². The Morgan fingerprint density at radius 2 is 2.20 bits per heavy atom. The van der Waals surface area contributed by atoms with Crippen molar-refractivity contribution >= 4 is 0 Å². The van der Waals surface area contributed by atoms with Crippen LogP contribution in [0.1, 0.15) is 19.8 Å². The molecule has 0 spiro atoms. The lowest BCUT2D eigenvalue weighted by molar-refractivity contribution is -0.0784. The van der Waals surface area contributed by atoms with Crippen LogP contribution in [0.5, 0.6) is 0 Å². The quantitative estimate of drug-likeness (QED) is 0.611. The summed E-state index contributed by atoms with van der Waals surface area (Å²) in [7, 11) is 2.07. The van der Waals surface area contributed by atoms with Gasteiger partial charge in [0.15, 0.2) is 0 Å². The first-order valence-corrected chi connectivity index (χ1v) is 4.47. The van der Waals surface area contributed by atoms with Gasteiger partial charge in [0.2, 0.25) is 0 Å². The second-order valence-electron chi connectivity index (χ2n) is 4.10. The molecule has 0 aromatic heterocycles. The molecular weight excluding hydrogens is 122 g/mol. The topological polar surface area (TPSA) is 12.0 Å². The Hall–Kier alpha value is -0.0400. The van der Waals surface area contributed by atoms with Crippen molar-refractivity contribution in [3.63, 3.8) is 0 Å². The Balaban J connectivity index is 1.82. The van der Waals surface area contributed by atoms with Crippen LogP contribution in [0.2, 0.25) is 0 Å². The van der Waals surface area contributed by atoms with E-state index < -0.39 is 0 Å². The lowest BCUT2D eigenvalue weighted by Crippen LogP contribution is -2.53. The van der Waals surface area contributed by atoms with Crippen molar-refractivity contribution in [2.45, 2.75) is 19.8 Å². The molecule has 2 rings (SSSR count). The SMILES string of the molecule is CNC[C@H]1CC2C[C@@H](C)[C@H]21. The molecule has 2 aliphatic rings. The Labute approximate surface area is 63.2 Å². The third kappa shape index (κ3) is 0.731. The Bertz CT molecular complexity index is 127. The molecular formula is C9H17N. The fourth-order valence-corrected chi connectivity index (χ4v) is 3.00. The van der Waals surface area contributed by atoms with Gasteiger partial charge in [-0.1, -0.05) is 6.92 Å². The van der Waals surface area contributed by atoms with Crippen LogP contribution in [-0.2, 0) is 0 Å². The van der Waals surface area contributed by atoms with Gasteiger partial charge in [0, 0.05) is 0 Å². The molecule has 1 N–H and O–H groups in total. The van der Waals surface area contributed by atoms with E-state index >= 15 is 0 Å². The monoisotopic (exact) mass is 139 g/mol. The molecule has 0 radical (unpaired) electrons. The summed E-state index contributed by atoms with van der Waals surface area (Å²) in [6.45, 7) is 3.66. The number of rotatable bonds is 2. The molecule has 0 aromatic rings. The van der Waals surface area contributed by atoms with Crippen LogP contribution in [0.15, 0.2) is 0 Å². The van der Waals surface area contributed by atoms with Gasteiger partial charge in [-0.2, -0.15) is 0 Å². The minimum Gasteiger partial charge on any atom is -0.319 e. The highest BCUT2D eigenvalue weighted by Gasteiger charge is 2.50. The minimum absolute atomic E-state index is 1.03. The molecule has 58 valence electrons. The fourth-order valence-electron chi connectivity index (χ4n) is 3.00. The van der Waals surface area contributed by atoms with E-state index in [-0.39, 0.29) is 0 Å². The van der Waals surface area contributed by atoms with Gasteiger partial charge in [0.1, 0.15) is 0 Å². The highest BCUT2D eigenvalue weighted by molar-refractivity contribution is 5.00. The molecule has 2 aliphatic carbocycles. The molecule has 0 bridgehead atoms. The predicted molar refractivity (Wildman–Crippen MR) is 42.8 cm³/mol.